The first kappa shape index (κ1) is 19.9. The number of rotatable bonds is 6. The van der Waals surface area contributed by atoms with E-state index in [0.29, 0.717) is 5.92 Å². The van der Waals surface area contributed by atoms with Gasteiger partial charge in [-0.3, -0.25) is 9.55 Å². The summed E-state index contributed by atoms with van der Waals surface area (Å²) in [5.41, 5.74) is 4.58. The molecule has 0 aliphatic carbocycles. The van der Waals surface area contributed by atoms with Crippen LogP contribution in [0, 0.1) is 0 Å². The number of nitrogens with zero attached hydrogens (tertiary/aromatic N) is 4. The molecule has 2 heterocycles. The Morgan fingerprint density at radius 3 is 2.48 bits per heavy atom. The van der Waals surface area contributed by atoms with Crippen LogP contribution in [-0.4, -0.2) is 19.7 Å². The molecule has 0 N–H and O–H groups in total. The van der Waals surface area contributed by atoms with Crippen molar-refractivity contribution < 1.29 is 0 Å². The van der Waals surface area contributed by atoms with Gasteiger partial charge >= 0.3 is 0 Å². The van der Waals surface area contributed by atoms with Gasteiger partial charge in [-0.1, -0.05) is 71.9 Å². The van der Waals surface area contributed by atoms with Crippen LogP contribution >= 0.6 is 27.7 Å². The van der Waals surface area contributed by atoms with Crippen LogP contribution in [0.25, 0.3) is 17.1 Å². The Labute approximate surface area is 183 Å². The maximum atomic E-state index is 4.54. The van der Waals surface area contributed by atoms with Gasteiger partial charge in [0, 0.05) is 28.2 Å². The van der Waals surface area contributed by atoms with Gasteiger partial charge in [0.15, 0.2) is 11.0 Å². The van der Waals surface area contributed by atoms with Gasteiger partial charge in [0.25, 0.3) is 0 Å². The summed E-state index contributed by atoms with van der Waals surface area (Å²) in [5, 5.41) is 9.95. The third-order valence-corrected chi connectivity index (χ3v) is 6.16. The van der Waals surface area contributed by atoms with Gasteiger partial charge in [-0.15, -0.1) is 10.2 Å². The van der Waals surface area contributed by atoms with Crippen molar-refractivity contribution in [2.24, 2.45) is 0 Å². The third-order valence-electron chi connectivity index (χ3n) is 4.63. The lowest BCUT2D eigenvalue weighted by atomic mass is 10.0. The summed E-state index contributed by atoms with van der Waals surface area (Å²) in [7, 11) is 0. The molecule has 0 atom stereocenters. The number of benzene rings is 2. The first-order chi connectivity index (χ1) is 14.1. The molecule has 0 bridgehead atoms. The average molecular weight is 465 g/mol. The van der Waals surface area contributed by atoms with Gasteiger partial charge in [0.2, 0.25) is 0 Å². The lowest BCUT2D eigenvalue weighted by molar-refractivity contribution is 0.818. The molecule has 0 spiro atoms. The summed E-state index contributed by atoms with van der Waals surface area (Å²) >= 11 is 5.19. The van der Waals surface area contributed by atoms with Crippen LogP contribution in [0.4, 0.5) is 0 Å². The van der Waals surface area contributed by atoms with Gasteiger partial charge < -0.3 is 0 Å². The molecule has 0 saturated carbocycles. The molecule has 6 heteroatoms. The molecular weight excluding hydrogens is 444 g/mol. The second-order valence-corrected chi connectivity index (χ2v) is 8.87. The molecule has 0 fully saturated rings. The monoisotopic (exact) mass is 464 g/mol. The summed E-state index contributed by atoms with van der Waals surface area (Å²) in [6, 6.07) is 20.8. The lowest BCUT2D eigenvalue weighted by Crippen LogP contribution is -2.05. The van der Waals surface area contributed by atoms with Crippen LogP contribution < -0.4 is 0 Å². The molecule has 4 nitrogen and oxygen atoms in total. The quantitative estimate of drug-likeness (QED) is 0.305. The Kier molecular flexibility index (Phi) is 6.11. The SMILES string of the molecule is CC(C)c1ccccc1-n1c(SCc2ccc(Br)cc2)nnc1-c1cccnc1. The fourth-order valence-electron chi connectivity index (χ4n) is 3.17. The number of aromatic nitrogens is 4. The van der Waals surface area contributed by atoms with E-state index in [9.17, 15) is 0 Å². The van der Waals surface area contributed by atoms with Gasteiger partial charge in [0.1, 0.15) is 0 Å². The van der Waals surface area contributed by atoms with Gasteiger partial charge in [-0.2, -0.15) is 0 Å². The number of halogens is 1. The second kappa shape index (κ2) is 8.93. The highest BCUT2D eigenvalue weighted by Gasteiger charge is 2.19. The highest BCUT2D eigenvalue weighted by molar-refractivity contribution is 9.10. The topological polar surface area (TPSA) is 43.6 Å². The maximum absolute atomic E-state index is 4.54. The van der Waals surface area contributed by atoms with Crippen LogP contribution in [0.3, 0.4) is 0 Å². The minimum absolute atomic E-state index is 0.389. The van der Waals surface area contributed by atoms with Crippen molar-refractivity contribution in [1.82, 2.24) is 19.7 Å². The minimum atomic E-state index is 0.389. The molecule has 4 rings (SSSR count). The van der Waals surface area contributed by atoms with E-state index in [1.807, 2.05) is 18.3 Å². The Bertz CT molecular complexity index is 1090. The smallest absolute Gasteiger partial charge is 0.196 e. The van der Waals surface area contributed by atoms with Crippen molar-refractivity contribution in [2.75, 3.05) is 0 Å². The van der Waals surface area contributed by atoms with Crippen molar-refractivity contribution >= 4 is 27.7 Å². The summed E-state index contributed by atoms with van der Waals surface area (Å²) in [5.74, 6) is 2.02. The Balaban J connectivity index is 1.78. The maximum Gasteiger partial charge on any atom is 0.196 e. The van der Waals surface area contributed by atoms with Gasteiger partial charge in [-0.05, 0) is 47.4 Å². The van der Waals surface area contributed by atoms with E-state index >= 15 is 0 Å². The molecule has 0 saturated heterocycles. The Hall–Kier alpha value is -2.44. The summed E-state index contributed by atoms with van der Waals surface area (Å²) in [4.78, 5) is 4.27. The third kappa shape index (κ3) is 4.43. The van der Waals surface area contributed by atoms with Crippen molar-refractivity contribution in [3.05, 3.63) is 88.7 Å². The molecule has 0 aliphatic rings. The molecule has 29 heavy (non-hydrogen) atoms. The molecular formula is C23H21BrN4S. The number of pyridine rings is 1. The van der Waals surface area contributed by atoms with Gasteiger partial charge in [0.05, 0.1) is 5.69 Å². The van der Waals surface area contributed by atoms with E-state index in [-0.39, 0.29) is 0 Å². The van der Waals surface area contributed by atoms with E-state index in [0.717, 1.165) is 32.5 Å². The Morgan fingerprint density at radius 1 is 0.966 bits per heavy atom. The van der Waals surface area contributed by atoms with Crippen molar-refractivity contribution in [3.8, 4) is 17.1 Å². The van der Waals surface area contributed by atoms with Crippen molar-refractivity contribution in [3.63, 3.8) is 0 Å². The fourth-order valence-corrected chi connectivity index (χ4v) is 4.34. The largest absolute Gasteiger partial charge is 0.270 e. The Morgan fingerprint density at radius 2 is 1.76 bits per heavy atom. The zero-order valence-electron chi connectivity index (χ0n) is 16.3. The highest BCUT2D eigenvalue weighted by Crippen LogP contribution is 2.33. The molecule has 2 aromatic heterocycles. The lowest BCUT2D eigenvalue weighted by Gasteiger charge is -2.16. The van der Waals surface area contributed by atoms with Crippen molar-refractivity contribution in [2.45, 2.75) is 30.7 Å². The van der Waals surface area contributed by atoms with Gasteiger partial charge in [-0.25, -0.2) is 0 Å². The number of hydrogen-bond donors (Lipinski definition) is 0. The molecule has 2 aromatic carbocycles. The first-order valence-electron chi connectivity index (χ1n) is 9.46. The van der Waals surface area contributed by atoms with E-state index in [1.165, 1.54) is 11.1 Å². The standard InChI is InChI=1S/C23H21BrN4S/c1-16(2)20-7-3-4-8-21(20)28-22(18-6-5-13-25-14-18)26-27-23(28)29-15-17-9-11-19(24)12-10-17/h3-14,16H,15H2,1-2H3. The second-order valence-electron chi connectivity index (χ2n) is 7.01. The fraction of sp³-hybridized carbons (Fsp3) is 0.174. The summed E-state index contributed by atoms with van der Waals surface area (Å²) in [6.07, 6.45) is 3.61. The molecule has 4 aromatic rings. The number of hydrogen-bond acceptors (Lipinski definition) is 4. The number of para-hydroxylation sites is 1. The minimum Gasteiger partial charge on any atom is -0.270 e. The molecule has 0 aliphatic heterocycles. The molecule has 0 radical (unpaired) electrons. The normalized spacial score (nSPS) is 11.2. The van der Waals surface area contributed by atoms with Crippen LogP contribution in [0.5, 0.6) is 0 Å². The molecule has 0 amide bonds. The van der Waals surface area contributed by atoms with Crippen LogP contribution in [0.2, 0.25) is 0 Å². The van der Waals surface area contributed by atoms with E-state index < -0.39 is 0 Å². The van der Waals surface area contributed by atoms with Crippen LogP contribution in [-0.2, 0) is 5.75 Å². The van der Waals surface area contributed by atoms with Crippen molar-refractivity contribution in [1.29, 1.82) is 0 Å². The average Bonchev–Trinajstić information content (AvgIpc) is 3.17. The zero-order chi connectivity index (χ0) is 20.2. The predicted molar refractivity (Wildman–Crippen MR) is 122 cm³/mol. The van der Waals surface area contributed by atoms with Crippen LogP contribution in [0.15, 0.2) is 82.7 Å². The van der Waals surface area contributed by atoms with E-state index in [2.05, 4.69) is 98.1 Å². The summed E-state index contributed by atoms with van der Waals surface area (Å²) in [6.45, 7) is 4.42. The van der Waals surface area contributed by atoms with E-state index in [4.69, 9.17) is 0 Å². The molecule has 0 unspecified atom stereocenters. The highest BCUT2D eigenvalue weighted by atomic mass is 79.9. The first-order valence-corrected chi connectivity index (χ1v) is 11.2. The number of thioether (sulfide) groups is 1. The van der Waals surface area contributed by atoms with E-state index in [1.54, 1.807) is 18.0 Å². The zero-order valence-corrected chi connectivity index (χ0v) is 18.7. The van der Waals surface area contributed by atoms with Crippen LogP contribution in [0.1, 0.15) is 30.9 Å². The molecule has 146 valence electrons. The predicted octanol–water partition coefficient (Wildman–Crippen LogP) is 6.51. The summed E-state index contributed by atoms with van der Waals surface area (Å²) < 4.78 is 3.25.